The lowest BCUT2D eigenvalue weighted by Gasteiger charge is -2.00. The van der Waals surface area contributed by atoms with Gasteiger partial charge in [0.1, 0.15) is 0 Å². The molecular weight excluding hydrogens is 314 g/mol. The van der Waals surface area contributed by atoms with Crippen LogP contribution in [0.15, 0.2) is 34.1 Å². The van der Waals surface area contributed by atoms with Crippen molar-refractivity contribution in [2.75, 3.05) is 0 Å². The standard InChI is InChI=1S/C13H14BrNS2/c1-2-13-15-12(9-17-13)8-16-7-10-3-5-11(14)6-4-10/h3-6,9H,2,7-8H2,1H3. The third-order valence-electron chi connectivity index (χ3n) is 2.33. The Morgan fingerprint density at radius 2 is 2.00 bits per heavy atom. The fraction of sp³-hybridized carbons (Fsp3) is 0.308. The number of aryl methyl sites for hydroxylation is 1. The highest BCUT2D eigenvalue weighted by Gasteiger charge is 2.01. The summed E-state index contributed by atoms with van der Waals surface area (Å²) in [5.41, 5.74) is 2.58. The molecule has 1 nitrogen and oxygen atoms in total. The molecule has 0 saturated heterocycles. The van der Waals surface area contributed by atoms with Gasteiger partial charge in [-0.1, -0.05) is 35.0 Å². The van der Waals surface area contributed by atoms with Gasteiger partial charge in [-0.05, 0) is 24.1 Å². The van der Waals surface area contributed by atoms with Gasteiger partial charge in [-0.3, -0.25) is 0 Å². The van der Waals surface area contributed by atoms with Crippen LogP contribution in [0, 0.1) is 0 Å². The highest BCUT2D eigenvalue weighted by Crippen LogP contribution is 2.20. The van der Waals surface area contributed by atoms with Crippen LogP contribution in [0.5, 0.6) is 0 Å². The average Bonchev–Trinajstić information content (AvgIpc) is 2.80. The van der Waals surface area contributed by atoms with Crippen molar-refractivity contribution in [1.29, 1.82) is 0 Å². The van der Waals surface area contributed by atoms with E-state index >= 15 is 0 Å². The van der Waals surface area contributed by atoms with Crippen molar-refractivity contribution in [3.05, 3.63) is 50.4 Å². The van der Waals surface area contributed by atoms with Crippen LogP contribution >= 0.6 is 39.0 Å². The number of rotatable bonds is 5. The number of benzene rings is 1. The van der Waals surface area contributed by atoms with Crippen molar-refractivity contribution in [3.63, 3.8) is 0 Å². The summed E-state index contributed by atoms with van der Waals surface area (Å²) in [6, 6.07) is 8.51. The Morgan fingerprint density at radius 3 is 2.65 bits per heavy atom. The summed E-state index contributed by atoms with van der Waals surface area (Å²) >= 11 is 7.13. The first-order valence-electron chi connectivity index (χ1n) is 5.53. The Hall–Kier alpha value is -0.320. The number of halogens is 1. The summed E-state index contributed by atoms with van der Waals surface area (Å²) in [5, 5.41) is 3.41. The largest absolute Gasteiger partial charge is 0.245 e. The maximum absolute atomic E-state index is 4.56. The molecule has 0 fully saturated rings. The van der Waals surface area contributed by atoms with Gasteiger partial charge in [0.05, 0.1) is 10.7 Å². The molecule has 90 valence electrons. The van der Waals surface area contributed by atoms with E-state index in [4.69, 9.17) is 0 Å². The molecule has 0 radical (unpaired) electrons. The highest BCUT2D eigenvalue weighted by molar-refractivity contribution is 9.10. The summed E-state index contributed by atoms with van der Waals surface area (Å²) in [6.07, 6.45) is 1.04. The second-order valence-corrected chi connectivity index (χ2v) is 6.55. The van der Waals surface area contributed by atoms with Crippen LogP contribution in [0.2, 0.25) is 0 Å². The van der Waals surface area contributed by atoms with Crippen molar-refractivity contribution >= 4 is 39.0 Å². The number of nitrogens with zero attached hydrogens (tertiary/aromatic N) is 1. The Balaban J connectivity index is 1.81. The van der Waals surface area contributed by atoms with Crippen LogP contribution in [-0.2, 0) is 17.9 Å². The topological polar surface area (TPSA) is 12.9 Å². The van der Waals surface area contributed by atoms with Crippen LogP contribution in [0.1, 0.15) is 23.2 Å². The Kier molecular flexibility index (Phi) is 5.07. The molecule has 0 saturated carbocycles. The van der Waals surface area contributed by atoms with E-state index < -0.39 is 0 Å². The summed E-state index contributed by atoms with van der Waals surface area (Å²) in [5.74, 6) is 2.05. The fourth-order valence-electron chi connectivity index (χ4n) is 1.43. The Labute approximate surface area is 119 Å². The minimum absolute atomic E-state index is 1.01. The zero-order chi connectivity index (χ0) is 12.1. The molecule has 1 aromatic carbocycles. The van der Waals surface area contributed by atoms with Crippen molar-refractivity contribution in [2.45, 2.75) is 24.9 Å². The van der Waals surface area contributed by atoms with Gasteiger partial charge in [0, 0.05) is 21.4 Å². The van der Waals surface area contributed by atoms with E-state index in [-0.39, 0.29) is 0 Å². The molecule has 2 aromatic rings. The van der Waals surface area contributed by atoms with Crippen molar-refractivity contribution in [1.82, 2.24) is 4.98 Å². The smallest absolute Gasteiger partial charge is 0.0925 e. The van der Waals surface area contributed by atoms with Crippen LogP contribution in [0.25, 0.3) is 0 Å². The number of aromatic nitrogens is 1. The molecule has 0 bridgehead atoms. The zero-order valence-electron chi connectivity index (χ0n) is 9.65. The van der Waals surface area contributed by atoms with Crippen LogP contribution < -0.4 is 0 Å². The maximum Gasteiger partial charge on any atom is 0.0925 e. The fourth-order valence-corrected chi connectivity index (χ4v) is 3.43. The SMILES string of the molecule is CCc1nc(CSCc2ccc(Br)cc2)cs1. The van der Waals surface area contributed by atoms with Crippen LogP contribution in [-0.4, -0.2) is 4.98 Å². The van der Waals surface area contributed by atoms with E-state index in [0.717, 1.165) is 22.4 Å². The minimum atomic E-state index is 1.01. The van der Waals surface area contributed by atoms with E-state index in [1.54, 1.807) is 11.3 Å². The van der Waals surface area contributed by atoms with Crippen molar-refractivity contribution in [2.24, 2.45) is 0 Å². The first kappa shape index (κ1) is 13.1. The molecule has 0 N–H and O–H groups in total. The predicted molar refractivity (Wildman–Crippen MR) is 80.6 cm³/mol. The van der Waals surface area contributed by atoms with Gasteiger partial charge in [-0.2, -0.15) is 11.8 Å². The van der Waals surface area contributed by atoms with Gasteiger partial charge < -0.3 is 0 Å². The molecule has 0 amide bonds. The van der Waals surface area contributed by atoms with E-state index in [9.17, 15) is 0 Å². The zero-order valence-corrected chi connectivity index (χ0v) is 12.9. The van der Waals surface area contributed by atoms with Gasteiger partial charge in [0.25, 0.3) is 0 Å². The molecule has 1 heterocycles. The maximum atomic E-state index is 4.56. The first-order valence-corrected chi connectivity index (χ1v) is 8.36. The number of hydrogen-bond donors (Lipinski definition) is 0. The molecule has 2 rings (SSSR count). The number of thiazole rings is 1. The third kappa shape index (κ3) is 4.12. The summed E-state index contributed by atoms with van der Waals surface area (Å²) in [7, 11) is 0. The number of thioether (sulfide) groups is 1. The molecule has 0 unspecified atom stereocenters. The van der Waals surface area contributed by atoms with Crippen LogP contribution in [0.4, 0.5) is 0 Å². The molecule has 0 aliphatic rings. The highest BCUT2D eigenvalue weighted by atomic mass is 79.9. The van der Waals surface area contributed by atoms with Crippen molar-refractivity contribution in [3.8, 4) is 0 Å². The van der Waals surface area contributed by atoms with Gasteiger partial charge in [0.15, 0.2) is 0 Å². The molecule has 1 aromatic heterocycles. The summed E-state index contributed by atoms with van der Waals surface area (Å²) < 4.78 is 1.14. The molecule has 0 aliphatic carbocycles. The van der Waals surface area contributed by atoms with Gasteiger partial charge in [-0.25, -0.2) is 4.98 Å². The van der Waals surface area contributed by atoms with E-state index in [1.807, 2.05) is 11.8 Å². The lowest BCUT2D eigenvalue weighted by molar-refractivity contribution is 1.06. The Bertz CT molecular complexity index is 465. The summed E-state index contributed by atoms with van der Waals surface area (Å²) in [6.45, 7) is 2.15. The van der Waals surface area contributed by atoms with Gasteiger partial charge in [-0.15, -0.1) is 11.3 Å². The molecule has 17 heavy (non-hydrogen) atoms. The number of hydrogen-bond acceptors (Lipinski definition) is 3. The predicted octanol–water partition coefficient (Wildman–Crippen LogP) is 4.90. The Morgan fingerprint density at radius 1 is 1.24 bits per heavy atom. The van der Waals surface area contributed by atoms with Crippen LogP contribution in [0.3, 0.4) is 0 Å². The van der Waals surface area contributed by atoms with Crippen molar-refractivity contribution < 1.29 is 0 Å². The van der Waals surface area contributed by atoms with Gasteiger partial charge >= 0.3 is 0 Å². The third-order valence-corrected chi connectivity index (χ3v) is 4.94. The average molecular weight is 328 g/mol. The lowest BCUT2D eigenvalue weighted by atomic mass is 10.2. The molecular formula is C13H14BrNS2. The second kappa shape index (κ2) is 6.57. The summed E-state index contributed by atoms with van der Waals surface area (Å²) in [4.78, 5) is 4.56. The normalized spacial score (nSPS) is 10.7. The van der Waals surface area contributed by atoms with E-state index in [2.05, 4.69) is 57.5 Å². The quantitative estimate of drug-likeness (QED) is 0.774. The molecule has 0 aliphatic heterocycles. The minimum Gasteiger partial charge on any atom is -0.245 e. The van der Waals surface area contributed by atoms with Gasteiger partial charge in [0.2, 0.25) is 0 Å². The first-order chi connectivity index (χ1) is 8.28. The molecule has 0 spiro atoms. The molecule has 0 atom stereocenters. The monoisotopic (exact) mass is 327 g/mol. The van der Waals surface area contributed by atoms with E-state index in [0.29, 0.717) is 0 Å². The molecule has 4 heteroatoms. The second-order valence-electron chi connectivity index (χ2n) is 3.71. The lowest BCUT2D eigenvalue weighted by Crippen LogP contribution is -1.85. The van der Waals surface area contributed by atoms with E-state index in [1.165, 1.54) is 16.3 Å².